The van der Waals surface area contributed by atoms with E-state index in [1.165, 1.54) is 12.8 Å². The Morgan fingerprint density at radius 1 is 1.18 bits per heavy atom. The van der Waals surface area contributed by atoms with E-state index in [2.05, 4.69) is 10.6 Å². The molecule has 1 aromatic carbocycles. The van der Waals surface area contributed by atoms with Crippen LogP contribution in [0.15, 0.2) is 24.3 Å². The minimum absolute atomic E-state index is 0.0809. The highest BCUT2D eigenvalue weighted by Crippen LogP contribution is 2.23. The van der Waals surface area contributed by atoms with Gasteiger partial charge in [0.2, 0.25) is 5.91 Å². The van der Waals surface area contributed by atoms with Gasteiger partial charge in [-0.25, -0.2) is 0 Å². The largest absolute Gasteiger partial charge is 0.376 e. The standard InChI is InChI=1S/C22H32N2O4/c1-2-20(28-18-9-3-4-10-18)22(26)23-14-16-7-5-8-17(13-16)21(25)24-15-19-11-6-12-27-19/h5,7-8,13,18-20H,2-4,6,9-12,14-15H2,1H3,(H,23,26)(H,24,25). The van der Waals surface area contributed by atoms with Gasteiger partial charge >= 0.3 is 0 Å². The third kappa shape index (κ3) is 6.04. The van der Waals surface area contributed by atoms with Gasteiger partial charge in [0.05, 0.1) is 12.2 Å². The van der Waals surface area contributed by atoms with E-state index in [-0.39, 0.29) is 24.0 Å². The lowest BCUT2D eigenvalue weighted by Gasteiger charge is -2.20. The van der Waals surface area contributed by atoms with Crippen LogP contribution < -0.4 is 10.6 Å². The second-order valence-corrected chi connectivity index (χ2v) is 7.70. The van der Waals surface area contributed by atoms with E-state index < -0.39 is 6.10 Å². The number of hydrogen-bond donors (Lipinski definition) is 2. The van der Waals surface area contributed by atoms with Crippen LogP contribution in [0.2, 0.25) is 0 Å². The topological polar surface area (TPSA) is 76.7 Å². The molecule has 1 heterocycles. The summed E-state index contributed by atoms with van der Waals surface area (Å²) in [5.74, 6) is -0.192. The SMILES string of the molecule is CCC(OC1CCCC1)C(=O)NCc1cccc(C(=O)NCC2CCCO2)c1. The quantitative estimate of drug-likeness (QED) is 0.682. The minimum atomic E-state index is -0.402. The fourth-order valence-corrected chi connectivity index (χ4v) is 3.84. The lowest BCUT2D eigenvalue weighted by Crippen LogP contribution is -2.37. The van der Waals surface area contributed by atoms with Gasteiger partial charge < -0.3 is 20.1 Å². The molecule has 1 aliphatic carbocycles. The highest BCUT2D eigenvalue weighted by atomic mass is 16.5. The van der Waals surface area contributed by atoms with Crippen molar-refractivity contribution in [3.05, 3.63) is 35.4 Å². The maximum atomic E-state index is 12.5. The van der Waals surface area contributed by atoms with Crippen LogP contribution in [0.25, 0.3) is 0 Å². The fraction of sp³-hybridized carbons (Fsp3) is 0.636. The molecule has 1 aromatic rings. The van der Waals surface area contributed by atoms with Gasteiger partial charge in [-0.2, -0.15) is 0 Å². The van der Waals surface area contributed by atoms with E-state index >= 15 is 0 Å². The average molecular weight is 389 g/mol. The second kappa shape index (κ2) is 10.6. The van der Waals surface area contributed by atoms with E-state index in [0.29, 0.717) is 25.1 Å². The van der Waals surface area contributed by atoms with Crippen LogP contribution in [0.4, 0.5) is 0 Å². The zero-order valence-electron chi connectivity index (χ0n) is 16.7. The summed E-state index contributed by atoms with van der Waals surface area (Å²) in [7, 11) is 0. The molecule has 154 valence electrons. The molecule has 1 aliphatic heterocycles. The van der Waals surface area contributed by atoms with E-state index in [1.54, 1.807) is 6.07 Å². The maximum Gasteiger partial charge on any atom is 0.251 e. The van der Waals surface area contributed by atoms with Crippen molar-refractivity contribution < 1.29 is 19.1 Å². The highest BCUT2D eigenvalue weighted by molar-refractivity contribution is 5.94. The lowest BCUT2D eigenvalue weighted by atomic mass is 10.1. The Kier molecular flexibility index (Phi) is 7.86. The molecule has 3 rings (SSSR count). The number of rotatable bonds is 9. The third-order valence-corrected chi connectivity index (χ3v) is 5.49. The molecule has 2 aliphatic rings. The zero-order valence-corrected chi connectivity index (χ0v) is 16.7. The molecule has 2 N–H and O–H groups in total. The van der Waals surface area contributed by atoms with Crippen molar-refractivity contribution in [3.63, 3.8) is 0 Å². The Morgan fingerprint density at radius 3 is 2.71 bits per heavy atom. The van der Waals surface area contributed by atoms with Gasteiger partial charge in [0.1, 0.15) is 6.10 Å². The molecule has 0 aromatic heterocycles. The molecular weight excluding hydrogens is 356 g/mol. The normalized spacial score (nSPS) is 20.8. The molecule has 2 fully saturated rings. The third-order valence-electron chi connectivity index (χ3n) is 5.49. The van der Waals surface area contributed by atoms with Crippen LogP contribution in [-0.4, -0.2) is 43.3 Å². The molecule has 2 unspecified atom stereocenters. The first-order valence-corrected chi connectivity index (χ1v) is 10.6. The maximum absolute atomic E-state index is 12.5. The number of ether oxygens (including phenoxy) is 2. The number of carbonyl (C=O) groups excluding carboxylic acids is 2. The Morgan fingerprint density at radius 2 is 2.00 bits per heavy atom. The minimum Gasteiger partial charge on any atom is -0.376 e. The summed E-state index contributed by atoms with van der Waals surface area (Å²) >= 11 is 0. The molecule has 6 nitrogen and oxygen atoms in total. The summed E-state index contributed by atoms with van der Waals surface area (Å²) in [5.41, 5.74) is 1.49. The molecule has 0 radical (unpaired) electrons. The van der Waals surface area contributed by atoms with Gasteiger partial charge in [0.15, 0.2) is 0 Å². The van der Waals surface area contributed by atoms with Crippen molar-refractivity contribution in [1.82, 2.24) is 10.6 Å². The number of nitrogens with one attached hydrogen (secondary N) is 2. The average Bonchev–Trinajstić information content (AvgIpc) is 3.42. The monoisotopic (exact) mass is 388 g/mol. The van der Waals surface area contributed by atoms with Gasteiger partial charge in [-0.3, -0.25) is 9.59 Å². The molecule has 1 saturated carbocycles. The highest BCUT2D eigenvalue weighted by Gasteiger charge is 2.24. The zero-order chi connectivity index (χ0) is 19.8. The van der Waals surface area contributed by atoms with Crippen molar-refractivity contribution >= 4 is 11.8 Å². The van der Waals surface area contributed by atoms with Crippen molar-refractivity contribution in [2.24, 2.45) is 0 Å². The number of amides is 2. The summed E-state index contributed by atoms with van der Waals surface area (Å²) in [6.07, 6.45) is 7.11. The molecule has 0 spiro atoms. The smallest absolute Gasteiger partial charge is 0.251 e. The summed E-state index contributed by atoms with van der Waals surface area (Å²) < 4.78 is 11.5. The molecule has 1 saturated heterocycles. The summed E-state index contributed by atoms with van der Waals surface area (Å²) in [4.78, 5) is 24.8. The van der Waals surface area contributed by atoms with Gasteiger partial charge in [-0.1, -0.05) is 31.9 Å². The Labute approximate surface area is 167 Å². The van der Waals surface area contributed by atoms with Gasteiger partial charge in [-0.05, 0) is 49.8 Å². The molecule has 2 amide bonds. The lowest BCUT2D eigenvalue weighted by molar-refractivity contribution is -0.136. The number of benzene rings is 1. The Hall–Kier alpha value is -1.92. The van der Waals surface area contributed by atoms with Gasteiger partial charge in [0.25, 0.3) is 5.91 Å². The first-order valence-electron chi connectivity index (χ1n) is 10.6. The van der Waals surface area contributed by atoms with Crippen molar-refractivity contribution in [2.75, 3.05) is 13.2 Å². The van der Waals surface area contributed by atoms with Crippen LogP contribution in [0.5, 0.6) is 0 Å². The first-order chi connectivity index (χ1) is 13.7. The van der Waals surface area contributed by atoms with Crippen molar-refractivity contribution in [3.8, 4) is 0 Å². The molecular formula is C22H32N2O4. The van der Waals surface area contributed by atoms with Crippen molar-refractivity contribution in [1.29, 1.82) is 0 Å². The predicted molar refractivity (Wildman–Crippen MR) is 107 cm³/mol. The molecule has 28 heavy (non-hydrogen) atoms. The Balaban J connectivity index is 1.47. The predicted octanol–water partition coefficient (Wildman–Crippen LogP) is 2.95. The van der Waals surface area contributed by atoms with Crippen LogP contribution in [0, 0.1) is 0 Å². The summed E-state index contributed by atoms with van der Waals surface area (Å²) in [6.45, 7) is 3.67. The fourth-order valence-electron chi connectivity index (χ4n) is 3.84. The first kappa shape index (κ1) is 20.8. The number of carbonyl (C=O) groups is 2. The van der Waals surface area contributed by atoms with E-state index in [1.807, 2.05) is 25.1 Å². The molecule has 6 heteroatoms. The molecule has 2 atom stereocenters. The van der Waals surface area contributed by atoms with Gasteiger partial charge in [-0.15, -0.1) is 0 Å². The van der Waals surface area contributed by atoms with Crippen LogP contribution in [0.1, 0.15) is 67.8 Å². The van der Waals surface area contributed by atoms with E-state index in [0.717, 1.165) is 37.9 Å². The van der Waals surface area contributed by atoms with Crippen LogP contribution >= 0.6 is 0 Å². The van der Waals surface area contributed by atoms with Crippen molar-refractivity contribution in [2.45, 2.75) is 76.7 Å². The van der Waals surface area contributed by atoms with E-state index in [9.17, 15) is 9.59 Å². The number of hydrogen-bond acceptors (Lipinski definition) is 4. The van der Waals surface area contributed by atoms with E-state index in [4.69, 9.17) is 9.47 Å². The van der Waals surface area contributed by atoms with Crippen LogP contribution in [-0.2, 0) is 20.8 Å². The second-order valence-electron chi connectivity index (χ2n) is 7.70. The Bertz CT molecular complexity index is 652. The molecule has 0 bridgehead atoms. The summed E-state index contributed by atoms with van der Waals surface area (Å²) in [5, 5.41) is 5.88. The summed E-state index contributed by atoms with van der Waals surface area (Å²) in [6, 6.07) is 7.36. The van der Waals surface area contributed by atoms with Gasteiger partial charge in [0, 0.05) is 25.3 Å². The van der Waals surface area contributed by atoms with Crippen LogP contribution in [0.3, 0.4) is 0 Å².